The molecule has 0 aliphatic carbocycles. The molecule has 22 heavy (non-hydrogen) atoms. The van der Waals surface area contributed by atoms with Crippen molar-refractivity contribution in [2.24, 2.45) is 0 Å². The van der Waals surface area contributed by atoms with Crippen LogP contribution in [0.25, 0.3) is 0 Å². The number of esters is 1. The van der Waals surface area contributed by atoms with Crippen molar-refractivity contribution in [2.75, 3.05) is 26.4 Å². The minimum atomic E-state index is -4.52. The van der Waals surface area contributed by atoms with Gasteiger partial charge in [-0.25, -0.2) is 4.79 Å². The average Bonchev–Trinajstić information content (AvgIpc) is 2.49. The molecule has 120 valence electrons. The number of carbonyl (C=O) groups is 2. The van der Waals surface area contributed by atoms with Crippen LogP contribution in [0.4, 0.5) is 13.2 Å². The number of hydrogen-bond acceptors (Lipinski definition) is 5. The van der Waals surface area contributed by atoms with Crippen LogP contribution in [-0.2, 0) is 9.53 Å². The van der Waals surface area contributed by atoms with Crippen LogP contribution in [0.1, 0.15) is 10.4 Å². The fourth-order valence-corrected chi connectivity index (χ4v) is 1.63. The van der Waals surface area contributed by atoms with E-state index in [0.717, 1.165) is 0 Å². The summed E-state index contributed by atoms with van der Waals surface area (Å²) in [5.41, 5.74) is 0.105. The number of benzene rings is 1. The van der Waals surface area contributed by atoms with E-state index in [4.69, 9.17) is 9.47 Å². The molecule has 1 heterocycles. The molecule has 0 bridgehead atoms. The molecule has 0 atom stereocenters. The maximum absolute atomic E-state index is 11.9. The molecule has 0 saturated heterocycles. The fourth-order valence-electron chi connectivity index (χ4n) is 1.63. The van der Waals surface area contributed by atoms with E-state index < -0.39 is 31.2 Å². The first-order valence-corrected chi connectivity index (χ1v) is 6.25. The molecule has 0 fully saturated rings. The number of ether oxygens (including phenoxy) is 3. The van der Waals surface area contributed by atoms with Crippen molar-refractivity contribution in [3.63, 3.8) is 0 Å². The third-order valence-electron chi connectivity index (χ3n) is 2.60. The topological polar surface area (TPSA) is 73.9 Å². The quantitative estimate of drug-likeness (QED) is 0.847. The van der Waals surface area contributed by atoms with Crippen LogP contribution in [0.5, 0.6) is 11.5 Å². The number of halogens is 3. The number of fused-ring (bicyclic) bond motifs is 1. The summed E-state index contributed by atoms with van der Waals surface area (Å²) in [6, 6.07) is 4.29. The molecule has 1 aromatic carbocycles. The van der Waals surface area contributed by atoms with Crippen LogP contribution in [0.2, 0.25) is 0 Å². The predicted molar refractivity (Wildman–Crippen MR) is 66.8 cm³/mol. The Balaban J connectivity index is 1.86. The Morgan fingerprint density at radius 3 is 2.55 bits per heavy atom. The summed E-state index contributed by atoms with van der Waals surface area (Å²) in [5.74, 6) is -1.05. The Bertz CT molecular complexity index is 573. The van der Waals surface area contributed by atoms with Gasteiger partial charge < -0.3 is 19.5 Å². The molecule has 2 rings (SSSR count). The highest BCUT2D eigenvalue weighted by molar-refractivity contribution is 5.92. The van der Waals surface area contributed by atoms with Gasteiger partial charge in [0.15, 0.2) is 18.1 Å². The molecule has 0 unspecified atom stereocenters. The van der Waals surface area contributed by atoms with E-state index in [0.29, 0.717) is 24.7 Å². The van der Waals surface area contributed by atoms with E-state index in [1.54, 1.807) is 5.32 Å². The normalized spacial score (nSPS) is 13.4. The van der Waals surface area contributed by atoms with Crippen molar-refractivity contribution < 1.29 is 37.0 Å². The van der Waals surface area contributed by atoms with Crippen molar-refractivity contribution in [1.29, 1.82) is 0 Å². The van der Waals surface area contributed by atoms with E-state index >= 15 is 0 Å². The lowest BCUT2D eigenvalue weighted by Gasteiger charge is -2.18. The largest absolute Gasteiger partial charge is 0.486 e. The van der Waals surface area contributed by atoms with Gasteiger partial charge in [0, 0.05) is 0 Å². The second kappa shape index (κ2) is 6.54. The third-order valence-corrected chi connectivity index (χ3v) is 2.60. The van der Waals surface area contributed by atoms with Crippen LogP contribution in [0.15, 0.2) is 18.2 Å². The summed E-state index contributed by atoms with van der Waals surface area (Å²) in [4.78, 5) is 22.8. The smallest absolute Gasteiger partial charge is 0.405 e. The van der Waals surface area contributed by atoms with Gasteiger partial charge in [-0.2, -0.15) is 13.2 Å². The van der Waals surface area contributed by atoms with E-state index in [1.807, 2.05) is 0 Å². The maximum Gasteiger partial charge on any atom is 0.405 e. The van der Waals surface area contributed by atoms with Crippen LogP contribution in [0, 0.1) is 0 Å². The molecule has 6 nitrogen and oxygen atoms in total. The molecule has 1 aromatic rings. The number of rotatable bonds is 4. The first kappa shape index (κ1) is 15.9. The Hall–Kier alpha value is -2.45. The molecule has 1 aliphatic rings. The van der Waals surface area contributed by atoms with Crippen LogP contribution >= 0.6 is 0 Å². The highest BCUT2D eigenvalue weighted by atomic mass is 19.4. The van der Waals surface area contributed by atoms with Gasteiger partial charge in [-0.3, -0.25) is 4.79 Å². The fraction of sp³-hybridized carbons (Fsp3) is 0.385. The molecule has 1 N–H and O–H groups in total. The summed E-state index contributed by atoms with van der Waals surface area (Å²) in [6.45, 7) is -1.54. The van der Waals surface area contributed by atoms with Gasteiger partial charge in [0.25, 0.3) is 5.91 Å². The first-order chi connectivity index (χ1) is 10.3. The average molecular weight is 319 g/mol. The zero-order chi connectivity index (χ0) is 16.2. The van der Waals surface area contributed by atoms with Crippen LogP contribution < -0.4 is 14.8 Å². The predicted octanol–water partition coefficient (Wildman–Crippen LogP) is 1.29. The van der Waals surface area contributed by atoms with Crippen molar-refractivity contribution in [2.45, 2.75) is 6.18 Å². The Morgan fingerprint density at radius 1 is 1.18 bits per heavy atom. The standard InChI is InChI=1S/C13H12F3NO5/c14-13(15,16)7-17-11(18)6-22-12(19)8-1-2-9-10(5-8)21-4-3-20-9/h1-2,5H,3-4,6-7H2,(H,17,18). The summed E-state index contributed by atoms with van der Waals surface area (Å²) in [5, 5.41) is 1.59. The zero-order valence-corrected chi connectivity index (χ0v) is 11.2. The van der Waals surface area contributed by atoms with Crippen molar-refractivity contribution in [3.8, 4) is 11.5 Å². The molecule has 0 aromatic heterocycles. The molecule has 0 saturated carbocycles. The summed E-state index contributed by atoms with van der Waals surface area (Å²) in [6.07, 6.45) is -4.52. The van der Waals surface area contributed by atoms with Crippen molar-refractivity contribution in [1.82, 2.24) is 5.32 Å². The van der Waals surface area contributed by atoms with Crippen molar-refractivity contribution in [3.05, 3.63) is 23.8 Å². The molecular weight excluding hydrogens is 307 g/mol. The SMILES string of the molecule is O=C(COC(=O)c1ccc2c(c1)OCCO2)NCC(F)(F)F. The van der Waals surface area contributed by atoms with Gasteiger partial charge in [-0.05, 0) is 18.2 Å². The second-order valence-corrected chi connectivity index (χ2v) is 4.33. The van der Waals surface area contributed by atoms with Gasteiger partial charge in [-0.15, -0.1) is 0 Å². The second-order valence-electron chi connectivity index (χ2n) is 4.33. The van der Waals surface area contributed by atoms with E-state index in [2.05, 4.69) is 4.74 Å². The Labute approximate surface area is 123 Å². The van der Waals surface area contributed by atoms with Gasteiger partial charge in [0.05, 0.1) is 5.56 Å². The highest BCUT2D eigenvalue weighted by Gasteiger charge is 2.27. The first-order valence-electron chi connectivity index (χ1n) is 6.25. The number of amides is 1. The number of alkyl halides is 3. The molecular formula is C13H12F3NO5. The van der Waals surface area contributed by atoms with E-state index in [-0.39, 0.29) is 5.56 Å². The van der Waals surface area contributed by atoms with Crippen LogP contribution in [0.3, 0.4) is 0 Å². The molecule has 0 spiro atoms. The number of nitrogens with one attached hydrogen (secondary N) is 1. The summed E-state index contributed by atoms with van der Waals surface area (Å²) < 4.78 is 50.9. The summed E-state index contributed by atoms with van der Waals surface area (Å²) >= 11 is 0. The molecule has 9 heteroatoms. The lowest BCUT2D eigenvalue weighted by molar-refractivity contribution is -0.140. The lowest BCUT2D eigenvalue weighted by atomic mass is 10.2. The van der Waals surface area contributed by atoms with E-state index in [1.165, 1.54) is 18.2 Å². The number of carbonyl (C=O) groups excluding carboxylic acids is 2. The van der Waals surface area contributed by atoms with Crippen molar-refractivity contribution >= 4 is 11.9 Å². The van der Waals surface area contributed by atoms with Crippen LogP contribution in [-0.4, -0.2) is 44.4 Å². The zero-order valence-electron chi connectivity index (χ0n) is 11.2. The monoisotopic (exact) mass is 319 g/mol. The Kier molecular flexibility index (Phi) is 4.74. The minimum Gasteiger partial charge on any atom is -0.486 e. The van der Waals surface area contributed by atoms with Gasteiger partial charge in [0.1, 0.15) is 19.8 Å². The molecule has 0 radical (unpaired) electrons. The minimum absolute atomic E-state index is 0.105. The molecule has 1 aliphatic heterocycles. The summed E-state index contributed by atoms with van der Waals surface area (Å²) in [7, 11) is 0. The third kappa shape index (κ3) is 4.54. The lowest BCUT2D eigenvalue weighted by Crippen LogP contribution is -2.36. The van der Waals surface area contributed by atoms with Gasteiger partial charge in [-0.1, -0.05) is 0 Å². The molecule has 1 amide bonds. The highest BCUT2D eigenvalue weighted by Crippen LogP contribution is 2.30. The number of hydrogen-bond donors (Lipinski definition) is 1. The van der Waals surface area contributed by atoms with E-state index in [9.17, 15) is 22.8 Å². The van der Waals surface area contributed by atoms with Gasteiger partial charge >= 0.3 is 12.1 Å². The Morgan fingerprint density at radius 2 is 1.86 bits per heavy atom. The maximum atomic E-state index is 11.9. The van der Waals surface area contributed by atoms with Gasteiger partial charge in [0.2, 0.25) is 0 Å².